The number of halogens is 3. The van der Waals surface area contributed by atoms with Crippen LogP contribution in [0.25, 0.3) is 0 Å². The second-order valence-electron chi connectivity index (χ2n) is 8.05. The quantitative estimate of drug-likeness (QED) is 0.687. The fourth-order valence-electron chi connectivity index (χ4n) is 3.75. The lowest BCUT2D eigenvalue weighted by Crippen LogP contribution is -2.28. The van der Waals surface area contributed by atoms with E-state index < -0.39 is 11.7 Å². The van der Waals surface area contributed by atoms with Gasteiger partial charge < -0.3 is 15.4 Å². The maximum Gasteiger partial charge on any atom is 0.416 e. The molecule has 2 fully saturated rings. The van der Waals surface area contributed by atoms with E-state index in [1.165, 1.54) is 6.07 Å². The van der Waals surface area contributed by atoms with Gasteiger partial charge in [-0.05, 0) is 50.3 Å². The smallest absolute Gasteiger partial charge is 0.373 e. The molecule has 1 amide bonds. The van der Waals surface area contributed by atoms with Crippen molar-refractivity contribution in [1.29, 1.82) is 0 Å². The molecular weight excluding hydrogens is 409 g/mol. The number of aromatic nitrogens is 2. The third-order valence-electron chi connectivity index (χ3n) is 5.37. The van der Waals surface area contributed by atoms with Crippen molar-refractivity contribution < 1.29 is 22.7 Å². The molecule has 1 aromatic heterocycles. The Morgan fingerprint density at radius 1 is 1.23 bits per heavy atom. The Hall–Kier alpha value is -2.68. The summed E-state index contributed by atoms with van der Waals surface area (Å²) in [4.78, 5) is 21.4. The number of hydrogen-bond acceptors (Lipinski definition) is 5. The minimum atomic E-state index is -4.40. The number of hydrogen-bond donors (Lipinski definition) is 2. The van der Waals surface area contributed by atoms with Crippen LogP contribution in [0.3, 0.4) is 0 Å². The lowest BCUT2D eigenvalue weighted by atomic mass is 10.0. The van der Waals surface area contributed by atoms with Crippen molar-refractivity contribution in [2.75, 3.05) is 11.9 Å². The monoisotopic (exact) mass is 434 g/mol. The molecule has 2 aliphatic rings. The molecule has 31 heavy (non-hydrogen) atoms. The van der Waals surface area contributed by atoms with E-state index in [1.807, 2.05) is 0 Å². The highest BCUT2D eigenvalue weighted by Crippen LogP contribution is 2.35. The van der Waals surface area contributed by atoms with Crippen LogP contribution in [0.5, 0.6) is 0 Å². The van der Waals surface area contributed by atoms with E-state index in [9.17, 15) is 18.0 Å². The molecular formula is C22H25F3N4O2. The summed E-state index contributed by atoms with van der Waals surface area (Å²) in [7, 11) is 0. The molecule has 0 bridgehead atoms. The zero-order valence-corrected chi connectivity index (χ0v) is 17.3. The van der Waals surface area contributed by atoms with E-state index in [1.54, 1.807) is 13.0 Å². The largest absolute Gasteiger partial charge is 0.416 e. The van der Waals surface area contributed by atoms with Crippen molar-refractivity contribution in [3.63, 3.8) is 0 Å². The van der Waals surface area contributed by atoms with Gasteiger partial charge in [0.1, 0.15) is 11.6 Å². The normalized spacial score (nSPS) is 18.8. The molecule has 1 unspecified atom stereocenters. The van der Waals surface area contributed by atoms with Gasteiger partial charge in [0.15, 0.2) is 0 Å². The first kappa shape index (κ1) is 21.5. The van der Waals surface area contributed by atoms with E-state index in [2.05, 4.69) is 20.6 Å². The van der Waals surface area contributed by atoms with Crippen molar-refractivity contribution in [2.24, 2.45) is 0 Å². The van der Waals surface area contributed by atoms with Gasteiger partial charge in [0, 0.05) is 24.8 Å². The lowest BCUT2D eigenvalue weighted by Gasteiger charge is -2.20. The van der Waals surface area contributed by atoms with Crippen LogP contribution in [0.4, 0.5) is 19.0 Å². The van der Waals surface area contributed by atoms with Crippen LogP contribution in [0, 0.1) is 6.92 Å². The highest BCUT2D eigenvalue weighted by molar-refractivity contribution is 5.79. The van der Waals surface area contributed by atoms with Crippen LogP contribution < -0.4 is 10.6 Å². The summed E-state index contributed by atoms with van der Waals surface area (Å²) in [5.74, 6) is 0.900. The van der Waals surface area contributed by atoms with Gasteiger partial charge in [0.2, 0.25) is 5.91 Å². The van der Waals surface area contributed by atoms with Crippen LogP contribution >= 0.6 is 0 Å². The number of anilines is 1. The van der Waals surface area contributed by atoms with Crippen molar-refractivity contribution >= 4 is 11.7 Å². The van der Waals surface area contributed by atoms with Crippen molar-refractivity contribution in [3.8, 4) is 0 Å². The molecule has 0 radical (unpaired) electrons. The Labute approximate surface area is 178 Å². The zero-order valence-electron chi connectivity index (χ0n) is 17.3. The van der Waals surface area contributed by atoms with Crippen LogP contribution in [-0.4, -0.2) is 28.5 Å². The first-order chi connectivity index (χ1) is 14.8. The van der Waals surface area contributed by atoms with Gasteiger partial charge in [-0.25, -0.2) is 9.97 Å². The minimum Gasteiger partial charge on any atom is -0.373 e. The molecule has 4 rings (SSSR count). The van der Waals surface area contributed by atoms with Crippen LogP contribution in [0.1, 0.15) is 60.0 Å². The Bertz CT molecular complexity index is 954. The lowest BCUT2D eigenvalue weighted by molar-refractivity contribution is -0.137. The molecule has 2 N–H and O–H groups in total. The highest BCUT2D eigenvalue weighted by Gasteiger charge is 2.31. The predicted molar refractivity (Wildman–Crippen MR) is 108 cm³/mol. The number of aryl methyl sites for hydroxylation is 1. The van der Waals surface area contributed by atoms with Gasteiger partial charge in [-0.3, -0.25) is 4.79 Å². The summed E-state index contributed by atoms with van der Waals surface area (Å²) in [5.41, 5.74) is 1.12. The molecule has 1 aromatic carbocycles. The Morgan fingerprint density at radius 2 is 2.03 bits per heavy atom. The van der Waals surface area contributed by atoms with Gasteiger partial charge in [-0.15, -0.1) is 0 Å². The Kier molecular flexibility index (Phi) is 6.13. The predicted octanol–water partition coefficient (Wildman–Crippen LogP) is 4.09. The molecule has 1 atom stereocenters. The van der Waals surface area contributed by atoms with E-state index >= 15 is 0 Å². The Morgan fingerprint density at radius 3 is 2.71 bits per heavy atom. The molecule has 1 aliphatic carbocycles. The summed E-state index contributed by atoms with van der Waals surface area (Å²) >= 11 is 0. The third kappa shape index (κ3) is 5.52. The van der Waals surface area contributed by atoms with Gasteiger partial charge in [-0.2, -0.15) is 13.2 Å². The van der Waals surface area contributed by atoms with Crippen molar-refractivity contribution in [2.45, 2.75) is 63.9 Å². The second kappa shape index (κ2) is 8.82. The zero-order chi connectivity index (χ0) is 22.0. The van der Waals surface area contributed by atoms with E-state index in [-0.39, 0.29) is 31.0 Å². The van der Waals surface area contributed by atoms with E-state index in [4.69, 9.17) is 4.74 Å². The summed E-state index contributed by atoms with van der Waals surface area (Å²) in [6, 6.07) is 5.44. The molecule has 0 spiro atoms. The van der Waals surface area contributed by atoms with Gasteiger partial charge >= 0.3 is 6.18 Å². The standard InChI is InChI=1S/C22H25F3N4O2/c1-13-27-17(11-19(30)29-16-7-8-16)20(18-6-3-9-31-18)21(28-13)26-12-14-4-2-5-15(10-14)22(23,24)25/h2,4-5,10,16,18H,3,6-9,11-12H2,1H3,(H,29,30)(H,26,27,28). The van der Waals surface area contributed by atoms with Gasteiger partial charge in [0.05, 0.1) is 23.8 Å². The number of benzene rings is 1. The molecule has 6 nitrogen and oxygen atoms in total. The number of alkyl halides is 3. The average Bonchev–Trinajstić information content (AvgIpc) is 3.35. The average molecular weight is 434 g/mol. The molecule has 1 saturated carbocycles. The summed E-state index contributed by atoms with van der Waals surface area (Å²) in [6.07, 6.45) is -0.859. The first-order valence-corrected chi connectivity index (χ1v) is 10.5. The third-order valence-corrected chi connectivity index (χ3v) is 5.37. The molecule has 1 saturated heterocycles. The molecule has 166 valence electrons. The summed E-state index contributed by atoms with van der Waals surface area (Å²) in [5, 5.41) is 6.13. The van der Waals surface area contributed by atoms with Crippen molar-refractivity contribution in [1.82, 2.24) is 15.3 Å². The maximum atomic E-state index is 13.0. The van der Waals surface area contributed by atoms with E-state index in [0.29, 0.717) is 29.5 Å². The molecule has 2 aromatic rings. The van der Waals surface area contributed by atoms with Crippen LogP contribution in [0.2, 0.25) is 0 Å². The van der Waals surface area contributed by atoms with Gasteiger partial charge in [-0.1, -0.05) is 12.1 Å². The van der Waals surface area contributed by atoms with E-state index in [0.717, 1.165) is 43.4 Å². The number of ether oxygens (including phenoxy) is 1. The number of carbonyl (C=O) groups excluding carboxylic acids is 1. The summed E-state index contributed by atoms with van der Waals surface area (Å²) < 4.78 is 44.9. The maximum absolute atomic E-state index is 13.0. The number of carbonyl (C=O) groups is 1. The van der Waals surface area contributed by atoms with Crippen molar-refractivity contribution in [3.05, 3.63) is 52.5 Å². The number of nitrogens with zero attached hydrogens (tertiary/aromatic N) is 2. The molecule has 1 aliphatic heterocycles. The number of amides is 1. The highest BCUT2D eigenvalue weighted by atomic mass is 19.4. The van der Waals surface area contributed by atoms with Crippen LogP contribution in [-0.2, 0) is 28.7 Å². The fraction of sp³-hybridized carbons (Fsp3) is 0.500. The fourth-order valence-corrected chi connectivity index (χ4v) is 3.75. The second-order valence-corrected chi connectivity index (χ2v) is 8.05. The van der Waals surface area contributed by atoms with Crippen LogP contribution in [0.15, 0.2) is 24.3 Å². The Balaban J connectivity index is 1.59. The SMILES string of the molecule is Cc1nc(CC(=O)NC2CC2)c(C2CCCO2)c(NCc2cccc(C(F)(F)F)c2)n1. The minimum absolute atomic E-state index is 0.0938. The molecule has 2 heterocycles. The van der Waals surface area contributed by atoms with Gasteiger partial charge in [0.25, 0.3) is 0 Å². The topological polar surface area (TPSA) is 76.1 Å². The first-order valence-electron chi connectivity index (χ1n) is 10.5. The number of rotatable bonds is 7. The number of nitrogens with one attached hydrogen (secondary N) is 2. The molecule has 9 heteroatoms. The summed E-state index contributed by atoms with van der Waals surface area (Å²) in [6.45, 7) is 2.50.